The van der Waals surface area contributed by atoms with E-state index < -0.39 is 22.8 Å². The van der Waals surface area contributed by atoms with Crippen molar-refractivity contribution < 1.29 is 27.9 Å². The van der Waals surface area contributed by atoms with E-state index in [-0.39, 0.29) is 0 Å². The summed E-state index contributed by atoms with van der Waals surface area (Å²) in [5.74, 6) is 1.85. The van der Waals surface area contributed by atoms with Gasteiger partial charge in [-0.05, 0) is 106 Å². The van der Waals surface area contributed by atoms with Crippen LogP contribution in [-0.4, -0.2) is 44.1 Å². The minimum Gasteiger partial charge on any atom is -0.496 e. The molecule has 0 saturated carbocycles. The van der Waals surface area contributed by atoms with E-state index >= 15 is 0 Å². The molecule has 0 heterocycles. The molecular formula is C27H42O6Si2. The van der Waals surface area contributed by atoms with Gasteiger partial charge in [0.1, 0.15) is 5.75 Å². The highest BCUT2D eigenvalue weighted by atomic mass is 28.4. The van der Waals surface area contributed by atoms with Gasteiger partial charge in [0.05, 0.1) is 21.3 Å². The van der Waals surface area contributed by atoms with E-state index in [4.69, 9.17) is 18.3 Å². The average Bonchev–Trinajstić information content (AvgIpc) is 2.79. The van der Waals surface area contributed by atoms with Gasteiger partial charge in [-0.15, -0.1) is 0 Å². The van der Waals surface area contributed by atoms with Gasteiger partial charge in [-0.3, -0.25) is 0 Å². The van der Waals surface area contributed by atoms with E-state index in [0.29, 0.717) is 11.5 Å². The lowest BCUT2D eigenvalue weighted by Gasteiger charge is -2.34. The summed E-state index contributed by atoms with van der Waals surface area (Å²) in [6, 6.07) is 14.4. The van der Waals surface area contributed by atoms with Crippen molar-refractivity contribution >= 4 is 22.8 Å². The number of rotatable bonds is 13. The van der Waals surface area contributed by atoms with Gasteiger partial charge in [0.2, 0.25) is 0 Å². The molecular weight excluding hydrogens is 476 g/mol. The second-order valence-electron chi connectivity index (χ2n) is 10.2. The van der Waals surface area contributed by atoms with Crippen LogP contribution in [0.4, 0.5) is 4.79 Å². The Hall–Kier alpha value is -2.30. The van der Waals surface area contributed by atoms with Crippen LogP contribution in [0.2, 0.25) is 38.3 Å². The number of benzene rings is 2. The summed E-state index contributed by atoms with van der Waals surface area (Å²) in [6.45, 7) is 11.4. The molecule has 2 rings (SSSR count). The molecule has 0 aliphatic carbocycles. The summed E-state index contributed by atoms with van der Waals surface area (Å²) in [4.78, 5) is 11.4. The van der Waals surface area contributed by atoms with E-state index in [1.807, 2.05) is 12.1 Å². The summed E-state index contributed by atoms with van der Waals surface area (Å²) >= 11 is 0. The monoisotopic (exact) mass is 518 g/mol. The van der Waals surface area contributed by atoms with Crippen molar-refractivity contribution in [3.8, 4) is 17.2 Å². The summed E-state index contributed by atoms with van der Waals surface area (Å²) in [6.07, 6.45) is 3.40. The van der Waals surface area contributed by atoms with Crippen molar-refractivity contribution in [3.05, 3.63) is 53.1 Å². The fourth-order valence-corrected chi connectivity index (χ4v) is 13.2. The van der Waals surface area contributed by atoms with Gasteiger partial charge in [0.15, 0.2) is 28.1 Å². The van der Waals surface area contributed by atoms with Crippen LogP contribution in [0.1, 0.15) is 29.5 Å². The lowest BCUT2D eigenvalue weighted by molar-refractivity contribution is 0.120. The zero-order chi connectivity index (χ0) is 26.1. The number of hydrogen-bond acceptors (Lipinski definition) is 6. The number of carbonyl (C=O) groups excluding carboxylic acids is 1. The number of carbonyl (C=O) groups is 1. The SMILES string of the molecule is COC(=O)Oc1ccc(CCC[Si](C)(C)O[Si](C)(C)CCCc2ccc(C)c(OC)c2)cc1OC. The van der Waals surface area contributed by atoms with Crippen LogP contribution < -0.4 is 14.2 Å². The molecule has 35 heavy (non-hydrogen) atoms. The highest BCUT2D eigenvalue weighted by molar-refractivity contribution is 6.84. The van der Waals surface area contributed by atoms with Gasteiger partial charge in [-0.25, -0.2) is 4.79 Å². The number of ether oxygens (including phenoxy) is 4. The third-order valence-electron chi connectivity index (χ3n) is 6.10. The first-order valence-electron chi connectivity index (χ1n) is 12.2. The van der Waals surface area contributed by atoms with Crippen molar-refractivity contribution in [2.45, 2.75) is 70.9 Å². The molecule has 2 aromatic carbocycles. The Balaban J connectivity index is 1.84. The van der Waals surface area contributed by atoms with Crippen LogP contribution >= 0.6 is 0 Å². The molecule has 8 heteroatoms. The fraction of sp³-hybridized carbons (Fsp3) is 0.519. The zero-order valence-electron chi connectivity index (χ0n) is 22.7. The second kappa shape index (κ2) is 13.1. The summed E-state index contributed by atoms with van der Waals surface area (Å²) in [7, 11) is 1.05. The van der Waals surface area contributed by atoms with E-state index in [1.54, 1.807) is 20.3 Å². The van der Waals surface area contributed by atoms with Crippen LogP contribution in [0.3, 0.4) is 0 Å². The Morgan fingerprint density at radius 1 is 0.743 bits per heavy atom. The molecule has 0 amide bonds. The smallest absolute Gasteiger partial charge is 0.496 e. The molecule has 0 aromatic heterocycles. The van der Waals surface area contributed by atoms with Gasteiger partial charge >= 0.3 is 6.16 Å². The first kappa shape index (κ1) is 28.9. The molecule has 0 unspecified atom stereocenters. The van der Waals surface area contributed by atoms with Crippen molar-refractivity contribution in [1.82, 2.24) is 0 Å². The molecule has 194 valence electrons. The van der Waals surface area contributed by atoms with Gasteiger partial charge in [0, 0.05) is 0 Å². The maximum Gasteiger partial charge on any atom is 0.513 e. The molecule has 0 spiro atoms. The number of aryl methyl sites for hydroxylation is 3. The normalized spacial score (nSPS) is 11.8. The van der Waals surface area contributed by atoms with Crippen molar-refractivity contribution in [3.63, 3.8) is 0 Å². The molecule has 6 nitrogen and oxygen atoms in total. The molecule has 0 radical (unpaired) electrons. The standard InChI is InChI=1S/C27H42O6Si2/c1-21-13-14-22(19-25(21)29-2)11-9-17-34(5,6)33-35(7,8)18-10-12-23-15-16-24(26(20-23)30-3)32-27(28)31-4/h13-16,19-20H,9-12,17-18H2,1-8H3. The number of hydrogen-bond donors (Lipinski definition) is 0. The Bertz CT molecular complexity index is 974. The topological polar surface area (TPSA) is 63.2 Å². The van der Waals surface area contributed by atoms with E-state index in [9.17, 15) is 4.79 Å². The lowest BCUT2D eigenvalue weighted by atomic mass is 10.1. The van der Waals surface area contributed by atoms with Crippen LogP contribution in [0.15, 0.2) is 36.4 Å². The molecule has 0 aliphatic rings. The summed E-state index contributed by atoms with van der Waals surface area (Å²) < 4.78 is 27.4. The Morgan fingerprint density at radius 2 is 1.26 bits per heavy atom. The van der Waals surface area contributed by atoms with Gasteiger partial charge in [-0.2, -0.15) is 0 Å². The molecule has 0 N–H and O–H groups in total. The lowest BCUT2D eigenvalue weighted by Crippen LogP contribution is -2.44. The summed E-state index contributed by atoms with van der Waals surface area (Å²) in [5, 5.41) is 0. The molecule has 2 aromatic rings. The molecule has 0 fully saturated rings. The van der Waals surface area contributed by atoms with E-state index in [1.165, 1.54) is 18.2 Å². The highest BCUT2D eigenvalue weighted by Gasteiger charge is 2.32. The predicted molar refractivity (Wildman–Crippen MR) is 146 cm³/mol. The van der Waals surface area contributed by atoms with E-state index in [0.717, 1.165) is 49.1 Å². The highest BCUT2D eigenvalue weighted by Crippen LogP contribution is 2.30. The third-order valence-corrected chi connectivity index (χ3v) is 13.6. The molecule has 0 saturated heterocycles. The van der Waals surface area contributed by atoms with Crippen molar-refractivity contribution in [2.24, 2.45) is 0 Å². The van der Waals surface area contributed by atoms with Crippen molar-refractivity contribution in [1.29, 1.82) is 0 Å². The summed E-state index contributed by atoms with van der Waals surface area (Å²) in [5.41, 5.74) is 3.65. The Labute approximate surface area is 213 Å². The third kappa shape index (κ3) is 9.70. The second-order valence-corrected chi connectivity index (χ2v) is 19.0. The molecule has 0 aliphatic heterocycles. The first-order valence-corrected chi connectivity index (χ1v) is 18.5. The molecule has 0 bridgehead atoms. The van der Waals surface area contributed by atoms with Gasteiger partial charge < -0.3 is 23.1 Å². The van der Waals surface area contributed by atoms with E-state index in [2.05, 4.69) is 56.0 Å². The van der Waals surface area contributed by atoms with Crippen LogP contribution in [0.5, 0.6) is 17.2 Å². The minimum absolute atomic E-state index is 0.359. The quantitative estimate of drug-likeness (QED) is 0.159. The Morgan fingerprint density at radius 3 is 1.77 bits per heavy atom. The van der Waals surface area contributed by atoms with Gasteiger partial charge in [-0.1, -0.05) is 18.2 Å². The van der Waals surface area contributed by atoms with Crippen LogP contribution in [0, 0.1) is 6.92 Å². The average molecular weight is 519 g/mol. The minimum atomic E-state index is -1.78. The largest absolute Gasteiger partial charge is 0.513 e. The molecule has 0 atom stereocenters. The maximum atomic E-state index is 11.4. The maximum absolute atomic E-state index is 11.4. The predicted octanol–water partition coefficient (Wildman–Crippen LogP) is 7.15. The fourth-order valence-electron chi connectivity index (χ4n) is 4.39. The van der Waals surface area contributed by atoms with Gasteiger partial charge in [0.25, 0.3) is 0 Å². The zero-order valence-corrected chi connectivity index (χ0v) is 24.7. The first-order chi connectivity index (χ1) is 16.5. The number of methoxy groups -OCH3 is 3. The van der Waals surface area contributed by atoms with Crippen LogP contribution in [0.25, 0.3) is 0 Å². The van der Waals surface area contributed by atoms with Crippen molar-refractivity contribution in [2.75, 3.05) is 21.3 Å². The Kier molecular flexibility index (Phi) is 10.9. The van der Waals surface area contributed by atoms with Crippen LogP contribution in [-0.2, 0) is 21.7 Å².